The van der Waals surface area contributed by atoms with Gasteiger partial charge in [-0.25, -0.2) is 0 Å². The van der Waals surface area contributed by atoms with Gasteiger partial charge in [-0.3, -0.25) is 9.59 Å². The highest BCUT2D eigenvalue weighted by Gasteiger charge is 2.40. The molecule has 1 N–H and O–H groups in total. The molecule has 0 radical (unpaired) electrons. The quantitative estimate of drug-likeness (QED) is 0.687. The standard InChI is InChI=1S/C18H17NO2S/c1-3-5-9-13-11(4-2)17(20)16(19-13)15-12-8-6-7-10-14(12)22-18(15)21/h4-11,13,19H,2-3H2,1H3/b9-5-,16-15-. The first-order valence-electron chi connectivity index (χ1n) is 7.33. The lowest BCUT2D eigenvalue weighted by Gasteiger charge is -2.09. The number of fused-ring (bicyclic) bond motifs is 1. The van der Waals surface area contributed by atoms with Crippen molar-refractivity contribution in [2.24, 2.45) is 5.92 Å². The van der Waals surface area contributed by atoms with Crippen LogP contribution < -0.4 is 5.32 Å². The molecule has 0 aromatic heterocycles. The van der Waals surface area contributed by atoms with Crippen molar-refractivity contribution in [1.82, 2.24) is 5.32 Å². The second-order valence-electron chi connectivity index (χ2n) is 5.27. The molecule has 1 fully saturated rings. The highest BCUT2D eigenvalue weighted by atomic mass is 32.2. The molecule has 0 saturated carbocycles. The molecule has 1 saturated heterocycles. The minimum absolute atomic E-state index is 0.0543. The van der Waals surface area contributed by atoms with Crippen molar-refractivity contribution < 1.29 is 9.59 Å². The van der Waals surface area contributed by atoms with E-state index in [0.29, 0.717) is 11.3 Å². The maximum absolute atomic E-state index is 12.7. The van der Waals surface area contributed by atoms with E-state index in [-0.39, 0.29) is 22.9 Å². The Morgan fingerprint density at radius 2 is 2.09 bits per heavy atom. The Morgan fingerprint density at radius 1 is 1.32 bits per heavy atom. The van der Waals surface area contributed by atoms with Gasteiger partial charge in [-0.1, -0.05) is 43.4 Å². The fraction of sp³-hybridized carbons (Fsp3) is 0.222. The molecule has 0 aliphatic carbocycles. The maximum atomic E-state index is 12.7. The molecule has 1 aromatic rings. The number of hydrogen-bond donors (Lipinski definition) is 1. The molecule has 1 aromatic carbocycles. The fourth-order valence-electron chi connectivity index (χ4n) is 2.82. The number of hydrogen-bond acceptors (Lipinski definition) is 4. The van der Waals surface area contributed by atoms with Crippen LogP contribution in [0.1, 0.15) is 18.9 Å². The van der Waals surface area contributed by atoms with Gasteiger partial charge in [0, 0.05) is 10.5 Å². The summed E-state index contributed by atoms with van der Waals surface area (Å²) in [6.07, 6.45) is 6.57. The van der Waals surface area contributed by atoms with E-state index in [9.17, 15) is 9.59 Å². The first-order valence-corrected chi connectivity index (χ1v) is 8.14. The van der Waals surface area contributed by atoms with Crippen molar-refractivity contribution in [1.29, 1.82) is 0 Å². The van der Waals surface area contributed by atoms with Crippen molar-refractivity contribution in [3.8, 4) is 0 Å². The van der Waals surface area contributed by atoms with E-state index >= 15 is 0 Å². The second kappa shape index (κ2) is 5.97. The van der Waals surface area contributed by atoms with Crippen molar-refractivity contribution >= 4 is 28.2 Å². The first kappa shape index (κ1) is 14.9. The summed E-state index contributed by atoms with van der Waals surface area (Å²) < 4.78 is 0. The summed E-state index contributed by atoms with van der Waals surface area (Å²) in [5, 5.41) is 3.16. The molecule has 4 heteroatoms. The Balaban J connectivity index is 2.08. The number of rotatable bonds is 3. The van der Waals surface area contributed by atoms with Gasteiger partial charge in [0.15, 0.2) is 5.78 Å². The van der Waals surface area contributed by atoms with E-state index in [0.717, 1.165) is 16.9 Å². The maximum Gasteiger partial charge on any atom is 0.226 e. The number of allylic oxidation sites excluding steroid dienone is 2. The molecule has 2 unspecified atom stereocenters. The van der Waals surface area contributed by atoms with Crippen LogP contribution in [-0.4, -0.2) is 16.9 Å². The fourth-order valence-corrected chi connectivity index (χ4v) is 3.76. The minimum atomic E-state index is -0.323. The monoisotopic (exact) mass is 311 g/mol. The van der Waals surface area contributed by atoms with Gasteiger partial charge in [0.1, 0.15) is 0 Å². The van der Waals surface area contributed by atoms with E-state index in [1.807, 2.05) is 43.3 Å². The van der Waals surface area contributed by atoms with Crippen LogP contribution in [0.4, 0.5) is 0 Å². The Kier molecular flexibility index (Phi) is 4.03. The predicted octanol–water partition coefficient (Wildman–Crippen LogP) is 3.34. The van der Waals surface area contributed by atoms with Crippen LogP contribution in [0, 0.1) is 5.92 Å². The number of Topliss-reactive ketones (excluding diaryl/α,β-unsaturated/α-hetero) is 1. The number of ketones is 1. The minimum Gasteiger partial charge on any atom is -0.374 e. The lowest BCUT2D eigenvalue weighted by Crippen LogP contribution is -2.23. The number of thioether (sulfide) groups is 1. The zero-order valence-corrected chi connectivity index (χ0v) is 13.2. The normalized spacial score (nSPS) is 27.3. The van der Waals surface area contributed by atoms with Crippen molar-refractivity contribution in [3.05, 3.63) is 60.3 Å². The lowest BCUT2D eigenvalue weighted by molar-refractivity contribution is -0.116. The van der Waals surface area contributed by atoms with Gasteiger partial charge in [-0.05, 0) is 24.2 Å². The molecular weight excluding hydrogens is 294 g/mol. The Morgan fingerprint density at radius 3 is 2.82 bits per heavy atom. The molecule has 3 nitrogen and oxygen atoms in total. The number of benzene rings is 1. The molecule has 22 heavy (non-hydrogen) atoms. The van der Waals surface area contributed by atoms with Crippen LogP contribution in [0.3, 0.4) is 0 Å². The van der Waals surface area contributed by atoms with Crippen molar-refractivity contribution in [2.75, 3.05) is 0 Å². The van der Waals surface area contributed by atoms with Gasteiger partial charge in [-0.2, -0.15) is 0 Å². The first-order chi connectivity index (χ1) is 10.7. The summed E-state index contributed by atoms with van der Waals surface area (Å²) >= 11 is 1.18. The number of nitrogens with one attached hydrogen (secondary N) is 1. The van der Waals surface area contributed by atoms with Crippen LogP contribution in [0.2, 0.25) is 0 Å². The number of carbonyl (C=O) groups is 2. The Labute approximate surface area is 134 Å². The van der Waals surface area contributed by atoms with Crippen molar-refractivity contribution in [2.45, 2.75) is 24.3 Å². The highest BCUT2D eigenvalue weighted by Crippen LogP contribution is 2.43. The lowest BCUT2D eigenvalue weighted by atomic mass is 9.96. The van der Waals surface area contributed by atoms with E-state index in [1.165, 1.54) is 11.8 Å². The molecular formula is C18H17NO2S. The summed E-state index contributed by atoms with van der Waals surface area (Å²) in [5.41, 5.74) is 1.78. The van der Waals surface area contributed by atoms with Gasteiger partial charge in [0.05, 0.1) is 23.2 Å². The van der Waals surface area contributed by atoms with E-state index in [4.69, 9.17) is 0 Å². The zero-order chi connectivity index (χ0) is 15.7. The van der Waals surface area contributed by atoms with Crippen LogP contribution in [0.15, 0.2) is 59.7 Å². The van der Waals surface area contributed by atoms with Gasteiger partial charge >= 0.3 is 0 Å². The largest absolute Gasteiger partial charge is 0.374 e. The van der Waals surface area contributed by atoms with E-state index in [2.05, 4.69) is 11.9 Å². The topological polar surface area (TPSA) is 46.2 Å². The molecule has 2 aliphatic heterocycles. The molecule has 112 valence electrons. The Bertz CT molecular complexity index is 718. The third-order valence-electron chi connectivity index (χ3n) is 3.89. The third kappa shape index (κ3) is 2.33. The summed E-state index contributed by atoms with van der Waals surface area (Å²) in [6, 6.07) is 7.46. The highest BCUT2D eigenvalue weighted by molar-refractivity contribution is 8.15. The van der Waals surface area contributed by atoms with Gasteiger partial charge < -0.3 is 5.32 Å². The Hall–Kier alpha value is -2.07. The average molecular weight is 311 g/mol. The van der Waals surface area contributed by atoms with Crippen LogP contribution in [0.25, 0.3) is 5.57 Å². The van der Waals surface area contributed by atoms with Crippen LogP contribution in [0.5, 0.6) is 0 Å². The van der Waals surface area contributed by atoms with Crippen LogP contribution >= 0.6 is 11.8 Å². The zero-order valence-electron chi connectivity index (χ0n) is 12.3. The molecule has 2 heterocycles. The SMILES string of the molecule is C=CC1C(=O)/C(=C2/C(=O)Sc3ccccc32)NC1/C=C\CC. The summed E-state index contributed by atoms with van der Waals surface area (Å²) in [4.78, 5) is 25.9. The average Bonchev–Trinajstić information content (AvgIpc) is 3.01. The summed E-state index contributed by atoms with van der Waals surface area (Å²) in [5.74, 6) is -0.378. The van der Waals surface area contributed by atoms with Gasteiger partial charge in [0.25, 0.3) is 0 Å². The molecule has 2 atom stereocenters. The second-order valence-corrected chi connectivity index (χ2v) is 6.28. The smallest absolute Gasteiger partial charge is 0.226 e. The van der Waals surface area contributed by atoms with E-state index in [1.54, 1.807) is 6.08 Å². The van der Waals surface area contributed by atoms with Gasteiger partial charge in [0.2, 0.25) is 5.12 Å². The summed E-state index contributed by atoms with van der Waals surface area (Å²) in [7, 11) is 0. The molecule has 0 amide bonds. The molecule has 3 rings (SSSR count). The molecule has 0 bridgehead atoms. The van der Waals surface area contributed by atoms with Crippen molar-refractivity contribution in [3.63, 3.8) is 0 Å². The van der Waals surface area contributed by atoms with Crippen LogP contribution in [-0.2, 0) is 9.59 Å². The number of carbonyl (C=O) groups excluding carboxylic acids is 2. The van der Waals surface area contributed by atoms with Gasteiger partial charge in [-0.15, -0.1) is 6.58 Å². The van der Waals surface area contributed by atoms with E-state index < -0.39 is 0 Å². The molecule has 2 aliphatic rings. The third-order valence-corrected chi connectivity index (χ3v) is 4.86. The summed E-state index contributed by atoms with van der Waals surface area (Å²) in [6.45, 7) is 5.81. The molecule has 0 spiro atoms. The predicted molar refractivity (Wildman–Crippen MR) is 89.3 cm³/mol.